The van der Waals surface area contributed by atoms with Gasteiger partial charge in [-0.2, -0.15) is 5.26 Å². The van der Waals surface area contributed by atoms with Gasteiger partial charge < -0.3 is 4.74 Å². The van der Waals surface area contributed by atoms with Crippen LogP contribution in [0.1, 0.15) is 18.0 Å². The van der Waals surface area contributed by atoms with Crippen molar-refractivity contribution in [3.63, 3.8) is 0 Å². The Bertz CT molecular complexity index is 315. The van der Waals surface area contributed by atoms with Crippen LogP contribution in [0.15, 0.2) is 24.3 Å². The highest BCUT2D eigenvalue weighted by molar-refractivity contribution is 5.29. The Labute approximate surface area is 83.3 Å². The molecular weight excluding hydrogens is 178 g/mol. The Balaban J connectivity index is 2.79. The molecule has 0 fully saturated rings. The Morgan fingerprint density at radius 1 is 1.50 bits per heavy atom. The van der Waals surface area contributed by atoms with E-state index in [9.17, 15) is 0 Å². The number of rotatable bonds is 4. The number of nitrogens with one attached hydrogen (secondary N) is 1. The third kappa shape index (κ3) is 2.46. The van der Waals surface area contributed by atoms with Gasteiger partial charge in [0.1, 0.15) is 5.75 Å². The maximum absolute atomic E-state index is 8.56. The molecule has 0 amide bonds. The van der Waals surface area contributed by atoms with E-state index in [-0.39, 0.29) is 6.04 Å². The van der Waals surface area contributed by atoms with Gasteiger partial charge in [0, 0.05) is 0 Å². The van der Waals surface area contributed by atoms with Crippen molar-refractivity contribution in [2.75, 3.05) is 7.11 Å². The molecule has 0 saturated heterocycles. The average molecular weight is 191 g/mol. The van der Waals surface area contributed by atoms with Gasteiger partial charge in [0.25, 0.3) is 0 Å². The summed E-state index contributed by atoms with van der Waals surface area (Å²) in [6.45, 7) is 0. The Morgan fingerprint density at radius 3 is 2.57 bits per heavy atom. The van der Waals surface area contributed by atoms with Crippen LogP contribution in [0.25, 0.3) is 0 Å². The summed E-state index contributed by atoms with van der Waals surface area (Å²) in [6, 6.07) is 9.42. The molecule has 14 heavy (non-hydrogen) atoms. The van der Waals surface area contributed by atoms with E-state index in [0.29, 0.717) is 6.42 Å². The zero-order chi connectivity index (χ0) is 10.4. The number of nitrogens with two attached hydrogens (primary N) is 1. The fourth-order valence-corrected chi connectivity index (χ4v) is 1.20. The minimum absolute atomic E-state index is 0.120. The number of nitriles is 1. The lowest BCUT2D eigenvalue weighted by Crippen LogP contribution is -2.27. The molecule has 0 aliphatic rings. The number of hydrogen-bond acceptors (Lipinski definition) is 4. The van der Waals surface area contributed by atoms with E-state index < -0.39 is 0 Å². The Hall–Kier alpha value is -1.57. The lowest BCUT2D eigenvalue weighted by atomic mass is 10.1. The van der Waals surface area contributed by atoms with Crippen LogP contribution in [0.4, 0.5) is 0 Å². The summed E-state index contributed by atoms with van der Waals surface area (Å²) in [6.07, 6.45) is 0.350. The van der Waals surface area contributed by atoms with Crippen molar-refractivity contribution in [2.24, 2.45) is 5.84 Å². The van der Waals surface area contributed by atoms with Crippen molar-refractivity contribution < 1.29 is 4.74 Å². The van der Waals surface area contributed by atoms with Gasteiger partial charge in [-0.1, -0.05) is 12.1 Å². The maximum atomic E-state index is 8.56. The van der Waals surface area contributed by atoms with Gasteiger partial charge >= 0.3 is 0 Å². The Morgan fingerprint density at radius 2 is 2.14 bits per heavy atom. The second-order valence-electron chi connectivity index (χ2n) is 2.85. The zero-order valence-corrected chi connectivity index (χ0v) is 8.03. The topological polar surface area (TPSA) is 71.1 Å². The first kappa shape index (κ1) is 10.5. The van der Waals surface area contributed by atoms with E-state index in [2.05, 4.69) is 11.5 Å². The van der Waals surface area contributed by atoms with Crippen LogP contribution in [0.2, 0.25) is 0 Å². The van der Waals surface area contributed by atoms with Gasteiger partial charge in [-0.3, -0.25) is 11.3 Å². The number of benzene rings is 1. The van der Waals surface area contributed by atoms with Gasteiger partial charge in [0.15, 0.2) is 0 Å². The molecule has 3 N–H and O–H groups in total. The van der Waals surface area contributed by atoms with E-state index >= 15 is 0 Å². The van der Waals surface area contributed by atoms with Crippen molar-refractivity contribution in [3.8, 4) is 11.8 Å². The molecule has 0 saturated carbocycles. The van der Waals surface area contributed by atoms with Crippen LogP contribution in [0.3, 0.4) is 0 Å². The number of ether oxygens (including phenoxy) is 1. The summed E-state index contributed by atoms with van der Waals surface area (Å²) in [5.41, 5.74) is 3.57. The first-order valence-corrected chi connectivity index (χ1v) is 4.29. The fourth-order valence-electron chi connectivity index (χ4n) is 1.20. The van der Waals surface area contributed by atoms with E-state index in [1.807, 2.05) is 24.3 Å². The van der Waals surface area contributed by atoms with Crippen molar-refractivity contribution in [1.82, 2.24) is 5.43 Å². The molecular formula is C10H13N3O. The maximum Gasteiger partial charge on any atom is 0.118 e. The van der Waals surface area contributed by atoms with E-state index in [1.54, 1.807) is 7.11 Å². The molecule has 0 aliphatic carbocycles. The van der Waals surface area contributed by atoms with Gasteiger partial charge in [0.05, 0.1) is 25.6 Å². The van der Waals surface area contributed by atoms with E-state index in [4.69, 9.17) is 15.8 Å². The molecule has 1 rings (SSSR count). The largest absolute Gasteiger partial charge is 0.497 e. The molecule has 0 aliphatic heterocycles. The first-order chi connectivity index (χ1) is 6.81. The predicted octanol–water partition coefficient (Wildman–Crippen LogP) is 1.11. The zero-order valence-electron chi connectivity index (χ0n) is 8.03. The summed E-state index contributed by atoms with van der Waals surface area (Å²) < 4.78 is 5.03. The molecule has 0 unspecified atom stereocenters. The minimum Gasteiger partial charge on any atom is -0.497 e. The molecule has 1 atom stereocenters. The van der Waals surface area contributed by atoms with Crippen molar-refractivity contribution >= 4 is 0 Å². The van der Waals surface area contributed by atoms with Crippen LogP contribution >= 0.6 is 0 Å². The van der Waals surface area contributed by atoms with Crippen LogP contribution < -0.4 is 16.0 Å². The Kier molecular flexibility index (Phi) is 3.92. The summed E-state index contributed by atoms with van der Waals surface area (Å²) in [7, 11) is 1.61. The third-order valence-electron chi connectivity index (χ3n) is 2.01. The predicted molar refractivity (Wildman–Crippen MR) is 53.3 cm³/mol. The van der Waals surface area contributed by atoms with Gasteiger partial charge in [-0.05, 0) is 17.7 Å². The SMILES string of the molecule is COc1ccc([C@H](CC#N)NN)cc1. The smallest absolute Gasteiger partial charge is 0.118 e. The second-order valence-corrected chi connectivity index (χ2v) is 2.85. The number of hydrogen-bond donors (Lipinski definition) is 2. The molecule has 0 aromatic heterocycles. The normalized spacial score (nSPS) is 11.8. The molecule has 0 bridgehead atoms. The van der Waals surface area contributed by atoms with Crippen molar-refractivity contribution in [1.29, 1.82) is 5.26 Å². The number of methoxy groups -OCH3 is 1. The van der Waals surface area contributed by atoms with Gasteiger partial charge in [0.2, 0.25) is 0 Å². The molecule has 1 aromatic rings. The average Bonchev–Trinajstić information content (AvgIpc) is 2.26. The summed E-state index contributed by atoms with van der Waals surface area (Å²) >= 11 is 0. The van der Waals surface area contributed by atoms with E-state index in [0.717, 1.165) is 11.3 Å². The van der Waals surface area contributed by atoms with Crippen LogP contribution in [-0.4, -0.2) is 7.11 Å². The standard InChI is InChI=1S/C10H13N3O/c1-14-9-4-2-8(3-5-9)10(13-12)6-7-11/h2-5,10,13H,6,12H2,1H3/t10-/m0/s1. The first-order valence-electron chi connectivity index (χ1n) is 4.29. The fraction of sp³-hybridized carbons (Fsp3) is 0.300. The van der Waals surface area contributed by atoms with Crippen LogP contribution in [0.5, 0.6) is 5.75 Å². The quantitative estimate of drug-likeness (QED) is 0.552. The highest BCUT2D eigenvalue weighted by atomic mass is 16.5. The van der Waals surface area contributed by atoms with Crippen molar-refractivity contribution in [3.05, 3.63) is 29.8 Å². The summed E-state index contributed by atoms with van der Waals surface area (Å²) in [5, 5.41) is 8.56. The monoisotopic (exact) mass is 191 g/mol. The third-order valence-corrected chi connectivity index (χ3v) is 2.01. The molecule has 4 heteroatoms. The van der Waals surface area contributed by atoms with Crippen LogP contribution in [0, 0.1) is 11.3 Å². The summed E-state index contributed by atoms with van der Waals surface area (Å²) in [5.74, 6) is 6.12. The lowest BCUT2D eigenvalue weighted by molar-refractivity contribution is 0.414. The summed E-state index contributed by atoms with van der Waals surface area (Å²) in [4.78, 5) is 0. The van der Waals surface area contributed by atoms with E-state index in [1.165, 1.54) is 0 Å². The molecule has 4 nitrogen and oxygen atoms in total. The second kappa shape index (κ2) is 5.22. The van der Waals surface area contributed by atoms with Gasteiger partial charge in [-0.25, -0.2) is 0 Å². The number of hydrazine groups is 1. The molecule has 0 spiro atoms. The molecule has 0 heterocycles. The highest BCUT2D eigenvalue weighted by Gasteiger charge is 2.08. The molecule has 0 radical (unpaired) electrons. The molecule has 1 aromatic carbocycles. The number of nitrogens with zero attached hydrogens (tertiary/aromatic N) is 1. The minimum atomic E-state index is -0.120. The van der Waals surface area contributed by atoms with Gasteiger partial charge in [-0.15, -0.1) is 0 Å². The van der Waals surface area contributed by atoms with Crippen molar-refractivity contribution in [2.45, 2.75) is 12.5 Å². The molecule has 74 valence electrons. The lowest BCUT2D eigenvalue weighted by Gasteiger charge is -2.12. The highest BCUT2D eigenvalue weighted by Crippen LogP contribution is 2.18. The van der Waals surface area contributed by atoms with Crippen LogP contribution in [-0.2, 0) is 0 Å².